The largest absolute Gasteiger partial charge is 0.341 e. The van der Waals surface area contributed by atoms with Gasteiger partial charge in [-0.25, -0.2) is 15.0 Å². The van der Waals surface area contributed by atoms with E-state index in [-0.39, 0.29) is 11.0 Å². The number of imidazole rings is 1. The van der Waals surface area contributed by atoms with E-state index < -0.39 is 0 Å². The highest BCUT2D eigenvalue weighted by Crippen LogP contribution is 2.29. The standard InChI is InChI=1S/C15H14N4OS/c1-2-11(13(20)10-6-4-3-5-7-10)21-15-12-14(17-8-16-12)18-9-19-15/h3-9,11H,2H2,1H3,(H,16,17,18,19). The van der Waals surface area contributed by atoms with E-state index in [0.29, 0.717) is 5.65 Å². The van der Waals surface area contributed by atoms with Crippen LogP contribution in [0.2, 0.25) is 0 Å². The maximum atomic E-state index is 12.6. The Morgan fingerprint density at radius 2 is 2.05 bits per heavy atom. The first-order valence-electron chi connectivity index (χ1n) is 6.69. The van der Waals surface area contributed by atoms with Gasteiger partial charge in [0.2, 0.25) is 0 Å². The zero-order valence-corrected chi connectivity index (χ0v) is 12.3. The van der Waals surface area contributed by atoms with Crippen molar-refractivity contribution in [3.8, 4) is 0 Å². The smallest absolute Gasteiger partial charge is 0.181 e. The Balaban J connectivity index is 1.88. The van der Waals surface area contributed by atoms with Crippen LogP contribution in [0.15, 0.2) is 48.0 Å². The van der Waals surface area contributed by atoms with E-state index in [9.17, 15) is 4.79 Å². The van der Waals surface area contributed by atoms with Crippen LogP contribution in [0.3, 0.4) is 0 Å². The van der Waals surface area contributed by atoms with Gasteiger partial charge in [-0.1, -0.05) is 49.0 Å². The number of carbonyl (C=O) groups excluding carboxylic acids is 1. The quantitative estimate of drug-likeness (QED) is 0.445. The molecule has 6 heteroatoms. The molecule has 2 aromatic heterocycles. The zero-order chi connectivity index (χ0) is 14.7. The van der Waals surface area contributed by atoms with Gasteiger partial charge >= 0.3 is 0 Å². The van der Waals surface area contributed by atoms with Crippen LogP contribution in [-0.2, 0) is 0 Å². The molecule has 0 amide bonds. The molecule has 21 heavy (non-hydrogen) atoms. The number of aromatic nitrogens is 4. The number of carbonyl (C=O) groups is 1. The molecule has 1 N–H and O–H groups in total. The second-order valence-electron chi connectivity index (χ2n) is 4.52. The van der Waals surface area contributed by atoms with Gasteiger partial charge < -0.3 is 4.98 Å². The maximum absolute atomic E-state index is 12.6. The average Bonchev–Trinajstić information content (AvgIpc) is 3.02. The van der Waals surface area contributed by atoms with Crippen LogP contribution in [0.1, 0.15) is 23.7 Å². The molecular weight excluding hydrogens is 284 g/mol. The molecule has 0 fully saturated rings. The van der Waals surface area contributed by atoms with Crippen molar-refractivity contribution in [2.75, 3.05) is 0 Å². The van der Waals surface area contributed by atoms with Crippen molar-refractivity contribution in [3.63, 3.8) is 0 Å². The molecule has 106 valence electrons. The molecule has 0 saturated heterocycles. The summed E-state index contributed by atoms with van der Waals surface area (Å²) in [6.45, 7) is 2.00. The minimum Gasteiger partial charge on any atom is -0.341 e. The molecule has 0 aliphatic heterocycles. The third kappa shape index (κ3) is 2.80. The highest BCUT2D eigenvalue weighted by atomic mass is 32.2. The summed E-state index contributed by atoms with van der Waals surface area (Å²) >= 11 is 1.45. The molecule has 1 atom stereocenters. The van der Waals surface area contributed by atoms with Crippen LogP contribution in [0, 0.1) is 0 Å². The monoisotopic (exact) mass is 298 g/mol. The molecular formula is C15H14N4OS. The van der Waals surface area contributed by atoms with E-state index in [0.717, 1.165) is 22.5 Å². The summed E-state index contributed by atoms with van der Waals surface area (Å²) in [7, 11) is 0. The summed E-state index contributed by atoms with van der Waals surface area (Å²) in [6.07, 6.45) is 3.80. The van der Waals surface area contributed by atoms with Crippen LogP contribution < -0.4 is 0 Å². The number of nitrogens with zero attached hydrogens (tertiary/aromatic N) is 3. The lowest BCUT2D eigenvalue weighted by atomic mass is 10.1. The van der Waals surface area contributed by atoms with Crippen LogP contribution in [0.4, 0.5) is 0 Å². The van der Waals surface area contributed by atoms with Crippen molar-refractivity contribution in [1.82, 2.24) is 19.9 Å². The molecule has 0 spiro atoms. The highest BCUT2D eigenvalue weighted by Gasteiger charge is 2.21. The molecule has 3 aromatic rings. The predicted octanol–water partition coefficient (Wildman–Crippen LogP) is 3.11. The fourth-order valence-corrected chi connectivity index (χ4v) is 3.13. The molecule has 3 rings (SSSR count). The van der Waals surface area contributed by atoms with Gasteiger partial charge in [0.05, 0.1) is 11.6 Å². The first-order chi connectivity index (χ1) is 10.3. The Morgan fingerprint density at radius 3 is 2.81 bits per heavy atom. The number of thioether (sulfide) groups is 1. The molecule has 0 aliphatic carbocycles. The lowest BCUT2D eigenvalue weighted by Crippen LogP contribution is -2.16. The van der Waals surface area contributed by atoms with Gasteiger partial charge in [0.15, 0.2) is 11.4 Å². The number of ketones is 1. The van der Waals surface area contributed by atoms with Crippen LogP contribution in [0.25, 0.3) is 11.2 Å². The van der Waals surface area contributed by atoms with Gasteiger partial charge in [-0.3, -0.25) is 4.79 Å². The second-order valence-corrected chi connectivity index (χ2v) is 5.72. The van der Waals surface area contributed by atoms with Crippen molar-refractivity contribution in [1.29, 1.82) is 0 Å². The van der Waals surface area contributed by atoms with Crippen LogP contribution in [-0.4, -0.2) is 31.0 Å². The van der Waals surface area contributed by atoms with E-state index in [1.807, 2.05) is 37.3 Å². The normalized spacial score (nSPS) is 12.4. The molecule has 1 aromatic carbocycles. The average molecular weight is 298 g/mol. The zero-order valence-electron chi connectivity index (χ0n) is 11.5. The number of hydrogen-bond acceptors (Lipinski definition) is 5. The second kappa shape index (κ2) is 6.05. The number of aromatic amines is 1. The summed E-state index contributed by atoms with van der Waals surface area (Å²) in [5.41, 5.74) is 2.13. The lowest BCUT2D eigenvalue weighted by molar-refractivity contribution is 0.0988. The van der Waals surface area contributed by atoms with E-state index in [1.165, 1.54) is 18.1 Å². The number of benzene rings is 1. The Hall–Kier alpha value is -2.21. The third-order valence-corrected chi connectivity index (χ3v) is 4.53. The van der Waals surface area contributed by atoms with Crippen molar-refractivity contribution in [2.45, 2.75) is 23.6 Å². The summed E-state index contributed by atoms with van der Waals surface area (Å²) < 4.78 is 0. The van der Waals surface area contributed by atoms with Crippen molar-refractivity contribution in [2.24, 2.45) is 0 Å². The molecule has 0 saturated carbocycles. The Bertz CT molecular complexity index is 756. The minimum atomic E-state index is -0.172. The first kappa shape index (κ1) is 13.8. The molecule has 0 bridgehead atoms. The van der Waals surface area contributed by atoms with Gasteiger partial charge in [0, 0.05) is 5.56 Å². The fourth-order valence-electron chi connectivity index (χ4n) is 2.08. The van der Waals surface area contributed by atoms with Crippen molar-refractivity contribution >= 4 is 28.7 Å². The maximum Gasteiger partial charge on any atom is 0.181 e. The van der Waals surface area contributed by atoms with Crippen LogP contribution >= 0.6 is 11.8 Å². The SMILES string of the molecule is CCC(Sc1ncnc2nc[nH]c12)C(=O)c1ccccc1. The number of H-pyrrole nitrogens is 1. The van der Waals surface area contributed by atoms with Gasteiger partial charge in [-0.2, -0.15) is 0 Å². The summed E-state index contributed by atoms with van der Waals surface area (Å²) in [5.74, 6) is 0.120. The van der Waals surface area contributed by atoms with Gasteiger partial charge in [0.1, 0.15) is 16.9 Å². The van der Waals surface area contributed by atoms with E-state index >= 15 is 0 Å². The summed E-state index contributed by atoms with van der Waals surface area (Å²) in [4.78, 5) is 28.1. The highest BCUT2D eigenvalue weighted by molar-refractivity contribution is 8.00. The van der Waals surface area contributed by atoms with E-state index in [4.69, 9.17) is 0 Å². The van der Waals surface area contributed by atoms with Crippen molar-refractivity contribution in [3.05, 3.63) is 48.5 Å². The molecule has 5 nitrogen and oxygen atoms in total. The van der Waals surface area contributed by atoms with E-state index in [1.54, 1.807) is 6.33 Å². The number of Topliss-reactive ketones (excluding diaryl/α,β-unsaturated/α-hetero) is 1. The third-order valence-electron chi connectivity index (χ3n) is 3.16. The Kier molecular flexibility index (Phi) is 3.96. The topological polar surface area (TPSA) is 71.5 Å². The molecule has 0 aliphatic rings. The molecule has 2 heterocycles. The molecule has 0 radical (unpaired) electrons. The minimum absolute atomic E-state index is 0.120. The number of fused-ring (bicyclic) bond motifs is 1. The summed E-state index contributed by atoms with van der Waals surface area (Å²) in [5, 5.41) is 0.586. The predicted molar refractivity (Wildman–Crippen MR) is 82.4 cm³/mol. The number of hydrogen-bond donors (Lipinski definition) is 1. The lowest BCUT2D eigenvalue weighted by Gasteiger charge is -2.13. The summed E-state index contributed by atoms with van der Waals surface area (Å²) in [6, 6.07) is 9.35. The van der Waals surface area contributed by atoms with Gasteiger partial charge in [-0.15, -0.1) is 0 Å². The fraction of sp³-hybridized carbons (Fsp3) is 0.200. The van der Waals surface area contributed by atoms with Gasteiger partial charge in [0.25, 0.3) is 0 Å². The Labute approximate surface area is 126 Å². The number of nitrogens with one attached hydrogen (secondary N) is 1. The Morgan fingerprint density at radius 1 is 1.24 bits per heavy atom. The van der Waals surface area contributed by atoms with E-state index in [2.05, 4.69) is 19.9 Å². The number of rotatable bonds is 5. The van der Waals surface area contributed by atoms with Gasteiger partial charge in [-0.05, 0) is 6.42 Å². The first-order valence-corrected chi connectivity index (χ1v) is 7.57. The molecule has 1 unspecified atom stereocenters. The van der Waals surface area contributed by atoms with Crippen LogP contribution in [0.5, 0.6) is 0 Å². The van der Waals surface area contributed by atoms with Crippen molar-refractivity contribution < 1.29 is 4.79 Å².